The maximum atomic E-state index is 2.50. The van der Waals surface area contributed by atoms with Gasteiger partial charge in [-0.3, -0.25) is 4.90 Å². The summed E-state index contributed by atoms with van der Waals surface area (Å²) in [4.78, 5) is 4.74. The Balaban J connectivity index is 2.05. The van der Waals surface area contributed by atoms with Crippen molar-refractivity contribution in [3.63, 3.8) is 0 Å². The Labute approximate surface area is 82.2 Å². The molecule has 0 saturated heterocycles. The summed E-state index contributed by atoms with van der Waals surface area (Å²) < 4.78 is 0. The molecule has 0 amide bonds. The van der Waals surface area contributed by atoms with Crippen LogP contribution in [0.2, 0.25) is 0 Å². The van der Waals surface area contributed by atoms with Crippen LogP contribution < -0.4 is 0 Å². The van der Waals surface area contributed by atoms with Crippen molar-refractivity contribution in [3.8, 4) is 0 Å². The molecule has 0 bridgehead atoms. The quantitative estimate of drug-likeness (QED) is 0.602. The van der Waals surface area contributed by atoms with Crippen molar-refractivity contribution in [1.29, 1.82) is 0 Å². The number of nitrogens with zero attached hydrogens (tertiary/aromatic N) is 2. The predicted octanol–water partition coefficient (Wildman–Crippen LogP) is 2.29. The van der Waals surface area contributed by atoms with Crippen molar-refractivity contribution >= 4 is 0 Å². The lowest BCUT2D eigenvalue weighted by Gasteiger charge is -2.29. The van der Waals surface area contributed by atoms with Gasteiger partial charge in [0.25, 0.3) is 0 Å². The first-order valence-electron chi connectivity index (χ1n) is 5.42. The van der Waals surface area contributed by atoms with Crippen molar-refractivity contribution in [1.82, 2.24) is 9.80 Å². The molecule has 0 aromatic carbocycles. The molecule has 1 heterocycles. The monoisotopic (exact) mass is 182 g/mol. The van der Waals surface area contributed by atoms with E-state index < -0.39 is 0 Å². The van der Waals surface area contributed by atoms with Gasteiger partial charge in [0.15, 0.2) is 0 Å². The molecule has 0 unspecified atom stereocenters. The van der Waals surface area contributed by atoms with Crippen LogP contribution >= 0.6 is 0 Å². The smallest absolute Gasteiger partial charge is 0.0700 e. The second kappa shape index (κ2) is 6.03. The molecule has 2 heteroatoms. The molecule has 0 aliphatic carbocycles. The van der Waals surface area contributed by atoms with Crippen LogP contribution in [0.4, 0.5) is 0 Å². The highest BCUT2D eigenvalue weighted by molar-refractivity contribution is 4.88. The van der Waals surface area contributed by atoms with Gasteiger partial charge >= 0.3 is 0 Å². The minimum absolute atomic E-state index is 1.10. The Kier molecular flexibility index (Phi) is 4.91. The van der Waals surface area contributed by atoms with Crippen LogP contribution in [-0.2, 0) is 0 Å². The first-order valence-corrected chi connectivity index (χ1v) is 5.42. The Bertz CT molecular complexity index is 154. The summed E-state index contributed by atoms with van der Waals surface area (Å²) in [6, 6.07) is 0. The lowest BCUT2D eigenvalue weighted by Crippen LogP contribution is -2.37. The first-order chi connectivity index (χ1) is 6.33. The summed E-state index contributed by atoms with van der Waals surface area (Å²) in [6.07, 6.45) is 9.88. The molecule has 0 N–H and O–H groups in total. The van der Waals surface area contributed by atoms with Crippen molar-refractivity contribution < 1.29 is 0 Å². The summed E-state index contributed by atoms with van der Waals surface area (Å²) >= 11 is 0. The zero-order chi connectivity index (χ0) is 9.52. The van der Waals surface area contributed by atoms with E-state index in [9.17, 15) is 0 Å². The molecule has 0 aromatic heterocycles. The topological polar surface area (TPSA) is 6.48 Å². The summed E-state index contributed by atoms with van der Waals surface area (Å²) in [5.74, 6) is 0. The Morgan fingerprint density at radius 2 is 2.08 bits per heavy atom. The maximum Gasteiger partial charge on any atom is 0.0700 e. The summed E-state index contributed by atoms with van der Waals surface area (Å²) in [5.41, 5.74) is 0. The molecule has 1 aliphatic heterocycles. The molecule has 13 heavy (non-hydrogen) atoms. The Morgan fingerprint density at radius 3 is 2.77 bits per heavy atom. The van der Waals surface area contributed by atoms with Crippen LogP contribution in [0.3, 0.4) is 0 Å². The average molecular weight is 182 g/mol. The minimum atomic E-state index is 1.10. The average Bonchev–Trinajstić information content (AvgIpc) is 2.13. The van der Waals surface area contributed by atoms with Crippen molar-refractivity contribution in [3.05, 3.63) is 12.3 Å². The van der Waals surface area contributed by atoms with Gasteiger partial charge in [-0.1, -0.05) is 32.3 Å². The number of unbranched alkanes of at least 4 members (excludes halogenated alkanes) is 3. The predicted molar refractivity (Wildman–Crippen MR) is 57.5 cm³/mol. The molecule has 0 atom stereocenters. The van der Waals surface area contributed by atoms with Gasteiger partial charge in [0.1, 0.15) is 0 Å². The molecule has 0 saturated carbocycles. The lowest BCUT2D eigenvalue weighted by atomic mass is 10.2. The second-order valence-corrected chi connectivity index (χ2v) is 3.92. The zero-order valence-electron chi connectivity index (χ0n) is 9.00. The molecule has 76 valence electrons. The molecule has 2 nitrogen and oxygen atoms in total. The zero-order valence-corrected chi connectivity index (χ0v) is 9.00. The highest BCUT2D eigenvalue weighted by Gasteiger charge is 2.07. The fourth-order valence-electron chi connectivity index (χ4n) is 1.72. The van der Waals surface area contributed by atoms with Crippen molar-refractivity contribution in [2.24, 2.45) is 0 Å². The summed E-state index contributed by atoms with van der Waals surface area (Å²) in [6.45, 7) is 5.76. The van der Waals surface area contributed by atoms with Gasteiger partial charge in [-0.25, -0.2) is 0 Å². The standard InChI is InChI=1S/C11H22N2/c1-3-4-5-6-9-13-10-7-8-12(2)11-13/h7-8H,3-6,9-11H2,1-2H3. The van der Waals surface area contributed by atoms with Crippen LogP contribution in [-0.4, -0.2) is 36.6 Å². The van der Waals surface area contributed by atoms with Gasteiger partial charge in [0.2, 0.25) is 0 Å². The Hall–Kier alpha value is -0.500. The van der Waals surface area contributed by atoms with E-state index in [0.29, 0.717) is 0 Å². The van der Waals surface area contributed by atoms with E-state index >= 15 is 0 Å². The second-order valence-electron chi connectivity index (χ2n) is 3.92. The molecular weight excluding hydrogens is 160 g/mol. The van der Waals surface area contributed by atoms with Gasteiger partial charge in [-0.05, 0) is 12.6 Å². The van der Waals surface area contributed by atoms with Crippen LogP contribution in [0.1, 0.15) is 32.6 Å². The highest BCUT2D eigenvalue weighted by Crippen LogP contribution is 2.05. The molecule has 0 aromatic rings. The summed E-state index contributed by atoms with van der Waals surface area (Å²) in [7, 11) is 2.13. The van der Waals surface area contributed by atoms with Crippen LogP contribution in [0.25, 0.3) is 0 Å². The van der Waals surface area contributed by atoms with E-state index in [1.54, 1.807) is 0 Å². The van der Waals surface area contributed by atoms with E-state index in [1.807, 2.05) is 0 Å². The number of rotatable bonds is 5. The molecule has 0 radical (unpaired) electrons. The molecule has 0 fully saturated rings. The van der Waals surface area contributed by atoms with Gasteiger partial charge < -0.3 is 4.90 Å². The van der Waals surface area contributed by atoms with Gasteiger partial charge in [0.05, 0.1) is 6.67 Å². The van der Waals surface area contributed by atoms with Crippen molar-refractivity contribution in [2.45, 2.75) is 32.6 Å². The third kappa shape index (κ3) is 4.32. The van der Waals surface area contributed by atoms with Gasteiger partial charge in [0, 0.05) is 20.1 Å². The Morgan fingerprint density at radius 1 is 1.23 bits per heavy atom. The lowest BCUT2D eigenvalue weighted by molar-refractivity contribution is 0.188. The minimum Gasteiger partial charge on any atom is -0.368 e. The largest absolute Gasteiger partial charge is 0.368 e. The van der Waals surface area contributed by atoms with Crippen molar-refractivity contribution in [2.75, 3.05) is 26.8 Å². The molecular formula is C11H22N2. The fraction of sp³-hybridized carbons (Fsp3) is 0.818. The van der Waals surface area contributed by atoms with Gasteiger partial charge in [-0.15, -0.1) is 0 Å². The van der Waals surface area contributed by atoms with Crippen LogP contribution in [0, 0.1) is 0 Å². The van der Waals surface area contributed by atoms with Crippen LogP contribution in [0.15, 0.2) is 12.3 Å². The maximum absolute atomic E-state index is 2.50. The SMILES string of the molecule is CCCCCCN1CC=CN(C)C1. The van der Waals surface area contributed by atoms with E-state index in [1.165, 1.54) is 32.2 Å². The molecule has 1 rings (SSSR count). The first kappa shape index (κ1) is 10.6. The fourth-order valence-corrected chi connectivity index (χ4v) is 1.72. The summed E-state index contributed by atoms with van der Waals surface area (Å²) in [5, 5.41) is 0. The van der Waals surface area contributed by atoms with E-state index in [2.05, 4.69) is 36.0 Å². The number of hydrogen-bond donors (Lipinski definition) is 0. The van der Waals surface area contributed by atoms with Gasteiger partial charge in [-0.2, -0.15) is 0 Å². The van der Waals surface area contributed by atoms with Crippen LogP contribution in [0.5, 0.6) is 0 Å². The molecule has 0 spiro atoms. The molecule has 1 aliphatic rings. The normalized spacial score (nSPS) is 18.2. The van der Waals surface area contributed by atoms with E-state index in [0.717, 1.165) is 13.2 Å². The number of hydrogen-bond acceptors (Lipinski definition) is 2. The van der Waals surface area contributed by atoms with E-state index in [-0.39, 0.29) is 0 Å². The third-order valence-electron chi connectivity index (χ3n) is 2.47. The highest BCUT2D eigenvalue weighted by atomic mass is 15.3. The third-order valence-corrected chi connectivity index (χ3v) is 2.47. The van der Waals surface area contributed by atoms with E-state index in [4.69, 9.17) is 0 Å².